The zero-order valence-corrected chi connectivity index (χ0v) is 9.75. The van der Waals surface area contributed by atoms with E-state index >= 15 is 0 Å². The van der Waals surface area contributed by atoms with Gasteiger partial charge in [-0.1, -0.05) is 18.2 Å². The Morgan fingerprint density at radius 2 is 2.06 bits per heavy atom. The molecule has 0 saturated carbocycles. The topological polar surface area (TPSA) is 115 Å². The SMILES string of the molecule is CC(=O)NC(CC(N)=O)c1ccccc1[N+](=O)[O-]. The van der Waals surface area contributed by atoms with Crippen molar-refractivity contribution in [3.05, 3.63) is 39.9 Å². The first kappa shape index (κ1) is 13.6. The van der Waals surface area contributed by atoms with Crippen molar-refractivity contribution in [2.75, 3.05) is 0 Å². The summed E-state index contributed by atoms with van der Waals surface area (Å²) >= 11 is 0. The van der Waals surface area contributed by atoms with E-state index in [-0.39, 0.29) is 23.6 Å². The highest BCUT2D eigenvalue weighted by atomic mass is 16.6. The number of carbonyl (C=O) groups excluding carboxylic acids is 2. The summed E-state index contributed by atoms with van der Waals surface area (Å²) in [5, 5.41) is 13.4. The van der Waals surface area contributed by atoms with E-state index in [1.165, 1.54) is 25.1 Å². The minimum absolute atomic E-state index is 0.155. The fraction of sp³-hybridized carbons (Fsp3) is 0.273. The minimum atomic E-state index is -0.790. The fourth-order valence-electron chi connectivity index (χ4n) is 1.63. The van der Waals surface area contributed by atoms with E-state index in [0.717, 1.165) is 0 Å². The third-order valence-electron chi connectivity index (χ3n) is 2.29. The van der Waals surface area contributed by atoms with Crippen molar-refractivity contribution in [1.29, 1.82) is 0 Å². The smallest absolute Gasteiger partial charge is 0.274 e. The number of carbonyl (C=O) groups is 2. The van der Waals surface area contributed by atoms with Gasteiger partial charge in [-0.15, -0.1) is 0 Å². The first-order valence-corrected chi connectivity index (χ1v) is 5.20. The number of hydrogen-bond acceptors (Lipinski definition) is 4. The van der Waals surface area contributed by atoms with Crippen LogP contribution in [-0.4, -0.2) is 16.7 Å². The second kappa shape index (κ2) is 5.76. The highest BCUT2D eigenvalue weighted by Crippen LogP contribution is 2.26. The number of nitrogens with zero attached hydrogens (tertiary/aromatic N) is 1. The van der Waals surface area contributed by atoms with Gasteiger partial charge >= 0.3 is 0 Å². The molecule has 0 aromatic heterocycles. The molecule has 1 aromatic carbocycles. The van der Waals surface area contributed by atoms with Gasteiger partial charge in [0.2, 0.25) is 11.8 Å². The van der Waals surface area contributed by atoms with Gasteiger partial charge in [-0.05, 0) is 0 Å². The minimum Gasteiger partial charge on any atom is -0.370 e. The molecular formula is C11H13N3O4. The Kier molecular flexibility index (Phi) is 4.36. The summed E-state index contributed by atoms with van der Waals surface area (Å²) < 4.78 is 0. The first-order valence-electron chi connectivity index (χ1n) is 5.20. The largest absolute Gasteiger partial charge is 0.370 e. The van der Waals surface area contributed by atoms with Crippen LogP contribution in [-0.2, 0) is 9.59 Å². The van der Waals surface area contributed by atoms with Gasteiger partial charge in [0.25, 0.3) is 5.69 Å². The van der Waals surface area contributed by atoms with Crippen LogP contribution >= 0.6 is 0 Å². The van der Waals surface area contributed by atoms with E-state index in [2.05, 4.69) is 5.32 Å². The molecule has 2 amide bonds. The Labute approximate surface area is 103 Å². The van der Waals surface area contributed by atoms with Crippen LogP contribution in [0.5, 0.6) is 0 Å². The lowest BCUT2D eigenvalue weighted by Crippen LogP contribution is -2.30. The number of para-hydroxylation sites is 1. The summed E-state index contributed by atoms with van der Waals surface area (Å²) in [6, 6.07) is 5.11. The first-order chi connectivity index (χ1) is 8.41. The lowest BCUT2D eigenvalue weighted by Gasteiger charge is -2.16. The molecule has 3 N–H and O–H groups in total. The second-order valence-electron chi connectivity index (χ2n) is 3.74. The normalized spacial score (nSPS) is 11.6. The van der Waals surface area contributed by atoms with Gasteiger partial charge in [0.05, 0.1) is 22.9 Å². The van der Waals surface area contributed by atoms with E-state index in [0.29, 0.717) is 0 Å². The highest BCUT2D eigenvalue weighted by molar-refractivity contribution is 5.78. The van der Waals surface area contributed by atoms with E-state index in [1.54, 1.807) is 6.07 Å². The van der Waals surface area contributed by atoms with Crippen LogP contribution in [0.25, 0.3) is 0 Å². The number of rotatable bonds is 5. The van der Waals surface area contributed by atoms with Gasteiger partial charge in [-0.2, -0.15) is 0 Å². The predicted molar refractivity (Wildman–Crippen MR) is 63.5 cm³/mol. The highest BCUT2D eigenvalue weighted by Gasteiger charge is 2.23. The molecule has 1 atom stereocenters. The van der Waals surface area contributed by atoms with Gasteiger partial charge in [-0.3, -0.25) is 19.7 Å². The summed E-state index contributed by atoms with van der Waals surface area (Å²) in [4.78, 5) is 32.3. The maximum atomic E-state index is 11.1. The Morgan fingerprint density at radius 1 is 1.44 bits per heavy atom. The number of nitrogens with two attached hydrogens (primary N) is 1. The molecule has 7 heteroatoms. The molecule has 1 unspecified atom stereocenters. The van der Waals surface area contributed by atoms with E-state index in [4.69, 9.17) is 5.73 Å². The molecule has 0 radical (unpaired) electrons. The molecule has 7 nitrogen and oxygen atoms in total. The third kappa shape index (κ3) is 3.55. The molecule has 0 bridgehead atoms. The molecule has 96 valence electrons. The number of amides is 2. The van der Waals surface area contributed by atoms with Crippen LogP contribution in [0.1, 0.15) is 24.9 Å². The monoisotopic (exact) mass is 251 g/mol. The molecule has 0 spiro atoms. The zero-order chi connectivity index (χ0) is 13.7. The van der Waals surface area contributed by atoms with Crippen molar-refractivity contribution in [3.8, 4) is 0 Å². The van der Waals surface area contributed by atoms with Crippen LogP contribution < -0.4 is 11.1 Å². The second-order valence-corrected chi connectivity index (χ2v) is 3.74. The van der Waals surface area contributed by atoms with E-state index in [9.17, 15) is 19.7 Å². The third-order valence-corrected chi connectivity index (χ3v) is 2.29. The lowest BCUT2D eigenvalue weighted by molar-refractivity contribution is -0.385. The van der Waals surface area contributed by atoms with Gasteiger partial charge in [0.1, 0.15) is 0 Å². The Balaban J connectivity index is 3.15. The van der Waals surface area contributed by atoms with E-state index in [1.807, 2.05) is 0 Å². The lowest BCUT2D eigenvalue weighted by atomic mass is 10.0. The van der Waals surface area contributed by atoms with Crippen molar-refractivity contribution < 1.29 is 14.5 Å². The van der Waals surface area contributed by atoms with Crippen LogP contribution in [0, 0.1) is 10.1 Å². The van der Waals surface area contributed by atoms with Crippen molar-refractivity contribution in [1.82, 2.24) is 5.32 Å². The average Bonchev–Trinajstić information content (AvgIpc) is 2.26. The zero-order valence-electron chi connectivity index (χ0n) is 9.75. The summed E-state index contributed by atoms with van der Waals surface area (Å²) in [6.07, 6.45) is -0.190. The van der Waals surface area contributed by atoms with Gasteiger partial charge in [0, 0.05) is 13.0 Å². The molecular weight excluding hydrogens is 238 g/mol. The molecule has 0 fully saturated rings. The average molecular weight is 251 g/mol. The number of primary amides is 1. The van der Waals surface area contributed by atoms with Crippen LogP contribution in [0.15, 0.2) is 24.3 Å². The molecule has 1 rings (SSSR count). The summed E-state index contributed by atoms with van der Waals surface area (Å²) in [6.45, 7) is 1.27. The molecule has 0 saturated heterocycles. The Hall–Kier alpha value is -2.44. The number of nitro benzene ring substituents is 1. The number of nitrogens with one attached hydrogen (secondary N) is 1. The molecule has 0 aliphatic rings. The van der Waals surface area contributed by atoms with Gasteiger partial charge in [-0.25, -0.2) is 0 Å². The molecule has 0 heterocycles. The van der Waals surface area contributed by atoms with Gasteiger partial charge < -0.3 is 11.1 Å². The van der Waals surface area contributed by atoms with Gasteiger partial charge in [0.15, 0.2) is 0 Å². The van der Waals surface area contributed by atoms with Crippen molar-refractivity contribution >= 4 is 17.5 Å². The standard InChI is InChI=1S/C11H13N3O4/c1-7(15)13-9(6-11(12)16)8-4-2-3-5-10(8)14(17)18/h2-5,9H,6H2,1H3,(H2,12,16)(H,13,15). The van der Waals surface area contributed by atoms with Crippen LogP contribution in [0.4, 0.5) is 5.69 Å². The molecule has 0 aliphatic heterocycles. The Bertz CT molecular complexity index is 471. The molecule has 0 aliphatic carbocycles. The summed E-state index contributed by atoms with van der Waals surface area (Å²) in [5.74, 6) is -1.04. The van der Waals surface area contributed by atoms with Crippen LogP contribution in [0.3, 0.4) is 0 Å². The summed E-state index contributed by atoms with van der Waals surface area (Å²) in [7, 11) is 0. The van der Waals surface area contributed by atoms with Crippen LogP contribution in [0.2, 0.25) is 0 Å². The maximum absolute atomic E-state index is 11.1. The summed E-state index contributed by atoms with van der Waals surface area (Å²) in [5.41, 5.74) is 5.18. The fourth-order valence-corrected chi connectivity index (χ4v) is 1.63. The quantitative estimate of drug-likeness (QED) is 0.590. The number of hydrogen-bond donors (Lipinski definition) is 2. The van der Waals surface area contributed by atoms with Crippen molar-refractivity contribution in [2.45, 2.75) is 19.4 Å². The van der Waals surface area contributed by atoms with Crippen molar-refractivity contribution in [3.63, 3.8) is 0 Å². The molecule has 1 aromatic rings. The Morgan fingerprint density at radius 3 is 2.56 bits per heavy atom. The van der Waals surface area contributed by atoms with E-state index < -0.39 is 16.9 Å². The number of benzene rings is 1. The van der Waals surface area contributed by atoms with Crippen molar-refractivity contribution in [2.24, 2.45) is 5.73 Å². The molecule has 18 heavy (non-hydrogen) atoms. The maximum Gasteiger partial charge on any atom is 0.274 e. The predicted octanol–water partition coefficient (Wildman–Crippen LogP) is 0.647. The number of nitro groups is 1.